The van der Waals surface area contributed by atoms with Gasteiger partial charge in [-0.2, -0.15) is 13.2 Å². The van der Waals surface area contributed by atoms with Crippen molar-refractivity contribution < 1.29 is 18.0 Å². The van der Waals surface area contributed by atoms with E-state index in [1.807, 2.05) is 53.4 Å². The molecule has 1 aliphatic carbocycles. The van der Waals surface area contributed by atoms with Gasteiger partial charge in [-0.15, -0.1) is 0 Å². The third-order valence-electron chi connectivity index (χ3n) is 7.61. The summed E-state index contributed by atoms with van der Waals surface area (Å²) in [5.41, 5.74) is 1.59. The molecule has 190 valence electrons. The molecule has 1 aliphatic rings. The molecule has 1 amide bonds. The first kappa shape index (κ1) is 25.1. The van der Waals surface area contributed by atoms with E-state index in [9.17, 15) is 18.0 Å². The summed E-state index contributed by atoms with van der Waals surface area (Å²) in [6.45, 7) is 2.53. The van der Waals surface area contributed by atoms with E-state index in [4.69, 9.17) is 0 Å². The van der Waals surface area contributed by atoms with E-state index in [0.29, 0.717) is 24.9 Å². The van der Waals surface area contributed by atoms with Crippen molar-refractivity contribution in [3.05, 3.63) is 119 Å². The molecule has 0 radical (unpaired) electrons. The molecule has 4 aromatic carbocycles. The molecule has 5 rings (SSSR count). The fraction of sp³-hybridized carbons (Fsp3) is 0.281. The molecule has 37 heavy (non-hydrogen) atoms. The molecule has 5 heteroatoms. The number of aryl methyl sites for hydroxylation is 1. The number of alkyl halides is 3. The molecule has 1 saturated carbocycles. The summed E-state index contributed by atoms with van der Waals surface area (Å²) in [5.74, 6) is 0.100. The molecule has 0 N–H and O–H groups in total. The number of rotatable bonds is 8. The van der Waals surface area contributed by atoms with Crippen LogP contribution in [-0.2, 0) is 22.8 Å². The van der Waals surface area contributed by atoms with Gasteiger partial charge < -0.3 is 4.90 Å². The predicted molar refractivity (Wildman–Crippen MR) is 141 cm³/mol. The number of halogens is 3. The highest BCUT2D eigenvalue weighted by atomic mass is 19.4. The van der Waals surface area contributed by atoms with Crippen LogP contribution in [-0.4, -0.2) is 17.4 Å². The maximum atomic E-state index is 14.2. The highest BCUT2D eigenvalue weighted by Crippen LogP contribution is 2.50. The quantitative estimate of drug-likeness (QED) is 0.239. The molecule has 0 heterocycles. The minimum Gasteiger partial charge on any atom is -0.335 e. The average Bonchev–Trinajstić information content (AvgIpc) is 3.73. The molecule has 1 atom stereocenters. The number of benzene rings is 4. The van der Waals surface area contributed by atoms with Gasteiger partial charge >= 0.3 is 6.18 Å². The summed E-state index contributed by atoms with van der Waals surface area (Å²) in [6, 6.07) is 29.6. The van der Waals surface area contributed by atoms with Gasteiger partial charge in [0, 0.05) is 6.54 Å². The second-order valence-electron chi connectivity index (χ2n) is 9.99. The summed E-state index contributed by atoms with van der Waals surface area (Å²) in [7, 11) is 0. The normalized spacial score (nSPS) is 15.4. The van der Waals surface area contributed by atoms with Crippen LogP contribution in [0.4, 0.5) is 13.2 Å². The highest BCUT2D eigenvalue weighted by Gasteiger charge is 2.53. The molecular weight excluding hydrogens is 471 g/mol. The van der Waals surface area contributed by atoms with Crippen LogP contribution >= 0.6 is 0 Å². The Morgan fingerprint density at radius 3 is 2.30 bits per heavy atom. The van der Waals surface area contributed by atoms with E-state index in [2.05, 4.69) is 31.2 Å². The molecular formula is C32H30F3NO. The van der Waals surface area contributed by atoms with Crippen LogP contribution in [0.1, 0.15) is 54.5 Å². The number of hydrogen-bond donors (Lipinski definition) is 0. The van der Waals surface area contributed by atoms with Crippen molar-refractivity contribution in [2.75, 3.05) is 6.54 Å². The number of hydrogen-bond acceptors (Lipinski definition) is 1. The van der Waals surface area contributed by atoms with Crippen molar-refractivity contribution in [1.82, 2.24) is 4.90 Å². The lowest BCUT2D eigenvalue weighted by Gasteiger charge is -2.34. The minimum absolute atomic E-state index is 0.100. The Hall–Kier alpha value is -3.60. The van der Waals surface area contributed by atoms with Gasteiger partial charge in [-0.3, -0.25) is 4.79 Å². The summed E-state index contributed by atoms with van der Waals surface area (Å²) in [4.78, 5) is 16.1. The number of nitrogens with zero attached hydrogens (tertiary/aromatic N) is 1. The smallest absolute Gasteiger partial charge is 0.335 e. The lowest BCUT2D eigenvalue weighted by Crippen LogP contribution is -2.41. The summed E-state index contributed by atoms with van der Waals surface area (Å²) < 4.78 is 39.6. The maximum absolute atomic E-state index is 14.2. The van der Waals surface area contributed by atoms with Crippen LogP contribution in [0.25, 0.3) is 10.8 Å². The van der Waals surface area contributed by atoms with Crippen molar-refractivity contribution in [2.24, 2.45) is 0 Å². The fourth-order valence-electron chi connectivity index (χ4n) is 5.39. The molecule has 0 spiro atoms. The predicted octanol–water partition coefficient (Wildman–Crippen LogP) is 8.11. The van der Waals surface area contributed by atoms with Gasteiger partial charge in [0.25, 0.3) is 0 Å². The van der Waals surface area contributed by atoms with Crippen LogP contribution in [0.15, 0.2) is 97.1 Å². The summed E-state index contributed by atoms with van der Waals surface area (Å²) >= 11 is 0. The zero-order valence-corrected chi connectivity index (χ0v) is 20.8. The number of amides is 1. The first-order chi connectivity index (χ1) is 17.8. The van der Waals surface area contributed by atoms with Gasteiger partial charge in [-0.25, -0.2) is 0 Å². The van der Waals surface area contributed by atoms with E-state index in [1.54, 1.807) is 6.07 Å². The fourth-order valence-corrected chi connectivity index (χ4v) is 5.39. The van der Waals surface area contributed by atoms with Gasteiger partial charge in [0.05, 0.1) is 17.0 Å². The Balaban J connectivity index is 1.43. The van der Waals surface area contributed by atoms with E-state index in [0.717, 1.165) is 40.8 Å². The molecule has 4 aromatic rings. The largest absolute Gasteiger partial charge is 0.416 e. The van der Waals surface area contributed by atoms with Gasteiger partial charge in [0.15, 0.2) is 0 Å². The average molecular weight is 502 g/mol. The van der Waals surface area contributed by atoms with Crippen molar-refractivity contribution >= 4 is 16.7 Å². The van der Waals surface area contributed by atoms with E-state index in [-0.39, 0.29) is 11.9 Å². The molecule has 0 aromatic heterocycles. The van der Waals surface area contributed by atoms with Gasteiger partial charge in [0.1, 0.15) is 0 Å². The van der Waals surface area contributed by atoms with Crippen LogP contribution < -0.4 is 0 Å². The van der Waals surface area contributed by atoms with Gasteiger partial charge in [-0.05, 0) is 66.1 Å². The van der Waals surface area contributed by atoms with E-state index < -0.39 is 17.2 Å². The van der Waals surface area contributed by atoms with Gasteiger partial charge in [0.2, 0.25) is 5.91 Å². The molecule has 0 aliphatic heterocycles. The van der Waals surface area contributed by atoms with Crippen molar-refractivity contribution in [1.29, 1.82) is 0 Å². The van der Waals surface area contributed by atoms with E-state index >= 15 is 0 Å². The standard InChI is InChI=1S/C32H30F3NO/c1-23(28-18-8-13-25-12-5-6-17-29(25)28)36(30(37)31(19-20-31)26-14-3-2-4-15-26)21-9-11-24-10-7-16-27(22-24)32(33,34)35/h2-8,10,12-18,22-23H,9,11,19-21H2,1H3/t23-/m1/s1. The zero-order chi connectivity index (χ0) is 26.0. The van der Waals surface area contributed by atoms with Gasteiger partial charge in [-0.1, -0.05) is 91.0 Å². The second kappa shape index (κ2) is 10.0. The van der Waals surface area contributed by atoms with Crippen molar-refractivity contribution in [2.45, 2.75) is 50.2 Å². The lowest BCUT2D eigenvalue weighted by atomic mass is 9.91. The first-order valence-electron chi connectivity index (χ1n) is 12.8. The Morgan fingerprint density at radius 1 is 0.892 bits per heavy atom. The summed E-state index contributed by atoms with van der Waals surface area (Å²) in [6.07, 6.45) is -1.71. The monoisotopic (exact) mass is 501 g/mol. The van der Waals surface area contributed by atoms with Crippen LogP contribution in [0.3, 0.4) is 0 Å². The third kappa shape index (κ3) is 5.13. The van der Waals surface area contributed by atoms with Crippen molar-refractivity contribution in [3.63, 3.8) is 0 Å². The summed E-state index contributed by atoms with van der Waals surface area (Å²) in [5, 5.41) is 2.23. The number of fused-ring (bicyclic) bond motifs is 1. The van der Waals surface area contributed by atoms with Crippen LogP contribution in [0.2, 0.25) is 0 Å². The first-order valence-corrected chi connectivity index (χ1v) is 12.8. The topological polar surface area (TPSA) is 20.3 Å². The van der Waals surface area contributed by atoms with Crippen LogP contribution in [0.5, 0.6) is 0 Å². The van der Waals surface area contributed by atoms with Crippen molar-refractivity contribution in [3.8, 4) is 0 Å². The van der Waals surface area contributed by atoms with E-state index in [1.165, 1.54) is 12.1 Å². The second-order valence-corrected chi connectivity index (χ2v) is 9.99. The minimum atomic E-state index is -4.37. The number of carbonyl (C=O) groups is 1. The number of carbonyl (C=O) groups excluding carboxylic acids is 1. The Labute approximate surface area is 215 Å². The lowest BCUT2D eigenvalue weighted by molar-refractivity contribution is -0.137. The third-order valence-corrected chi connectivity index (χ3v) is 7.61. The SMILES string of the molecule is C[C@H](c1cccc2ccccc12)N(CCCc1cccc(C(F)(F)F)c1)C(=O)C1(c2ccccc2)CC1. The highest BCUT2D eigenvalue weighted by molar-refractivity contribution is 5.92. The Kier molecular flexibility index (Phi) is 6.80. The molecule has 0 bridgehead atoms. The Morgan fingerprint density at radius 2 is 1.57 bits per heavy atom. The molecule has 0 unspecified atom stereocenters. The molecule has 0 saturated heterocycles. The zero-order valence-electron chi connectivity index (χ0n) is 20.8. The maximum Gasteiger partial charge on any atom is 0.416 e. The Bertz CT molecular complexity index is 1390. The molecule has 2 nitrogen and oxygen atoms in total. The molecule has 1 fully saturated rings. The van der Waals surface area contributed by atoms with Crippen LogP contribution in [0, 0.1) is 0 Å².